The first-order chi connectivity index (χ1) is 6.53. The van der Waals surface area contributed by atoms with Gasteiger partial charge in [-0.25, -0.2) is 0 Å². The first-order valence-corrected chi connectivity index (χ1v) is 4.99. The van der Waals surface area contributed by atoms with Crippen molar-refractivity contribution in [1.29, 1.82) is 0 Å². The van der Waals surface area contributed by atoms with E-state index in [0.29, 0.717) is 10.6 Å². The van der Waals surface area contributed by atoms with Crippen molar-refractivity contribution in [2.75, 3.05) is 5.75 Å². The summed E-state index contributed by atoms with van der Waals surface area (Å²) in [4.78, 5) is 0.507. The molecule has 0 atom stereocenters. The Bertz CT molecular complexity index is 298. The molecule has 0 aliphatic rings. The van der Waals surface area contributed by atoms with E-state index in [0.717, 1.165) is 0 Å². The number of rotatable bonds is 3. The molecule has 0 bridgehead atoms. The molecule has 1 rings (SSSR count). The van der Waals surface area contributed by atoms with Crippen LogP contribution in [0.1, 0.15) is 6.92 Å². The third-order valence-corrected chi connectivity index (χ3v) is 2.31. The predicted octanol–water partition coefficient (Wildman–Crippen LogP) is 3.70. The second kappa shape index (κ2) is 4.59. The summed E-state index contributed by atoms with van der Waals surface area (Å²) in [5.74, 6) is 0.574. The lowest BCUT2D eigenvalue weighted by molar-refractivity contribution is -0.275. The molecule has 0 spiro atoms. The Morgan fingerprint density at radius 3 is 2.50 bits per heavy atom. The standard InChI is InChI=1S/C9H9F3OS/c1-2-14-8-6-4-3-5-7(8)13-9(10,11)12/h3-6H,2H2,1H3. The van der Waals surface area contributed by atoms with Gasteiger partial charge in [-0.05, 0) is 17.9 Å². The number of halogens is 3. The maximum Gasteiger partial charge on any atom is 0.573 e. The SMILES string of the molecule is CCSc1ccccc1OC(F)(F)F. The molecule has 1 aromatic carbocycles. The molecule has 0 aliphatic carbocycles. The molecule has 1 aromatic rings. The van der Waals surface area contributed by atoms with Crippen LogP contribution in [0.2, 0.25) is 0 Å². The molecule has 14 heavy (non-hydrogen) atoms. The van der Waals surface area contributed by atoms with Gasteiger partial charge in [-0.2, -0.15) is 0 Å². The Kier molecular flexibility index (Phi) is 3.69. The van der Waals surface area contributed by atoms with Gasteiger partial charge < -0.3 is 4.74 Å². The highest BCUT2D eigenvalue weighted by Gasteiger charge is 2.31. The minimum absolute atomic E-state index is 0.133. The summed E-state index contributed by atoms with van der Waals surface area (Å²) < 4.78 is 39.7. The number of thioether (sulfide) groups is 1. The van der Waals surface area contributed by atoms with Gasteiger partial charge >= 0.3 is 6.36 Å². The van der Waals surface area contributed by atoms with Crippen molar-refractivity contribution in [1.82, 2.24) is 0 Å². The number of hydrogen-bond acceptors (Lipinski definition) is 2. The Morgan fingerprint density at radius 1 is 1.29 bits per heavy atom. The molecule has 0 unspecified atom stereocenters. The van der Waals surface area contributed by atoms with Gasteiger partial charge in [0.1, 0.15) is 5.75 Å². The quantitative estimate of drug-likeness (QED) is 0.721. The zero-order valence-electron chi connectivity index (χ0n) is 7.47. The van der Waals surface area contributed by atoms with Crippen LogP contribution in [0.5, 0.6) is 5.75 Å². The fraction of sp³-hybridized carbons (Fsp3) is 0.333. The molecule has 78 valence electrons. The van der Waals surface area contributed by atoms with Gasteiger partial charge in [0, 0.05) is 4.90 Å². The second-order valence-electron chi connectivity index (χ2n) is 2.43. The van der Waals surface area contributed by atoms with Gasteiger partial charge in [0.25, 0.3) is 0 Å². The summed E-state index contributed by atoms with van der Waals surface area (Å²) in [6, 6.07) is 6.11. The van der Waals surface area contributed by atoms with E-state index in [4.69, 9.17) is 0 Å². The minimum atomic E-state index is -4.62. The highest BCUT2D eigenvalue weighted by atomic mass is 32.2. The number of alkyl halides is 3. The average Bonchev–Trinajstić information content (AvgIpc) is 2.06. The summed E-state index contributed by atoms with van der Waals surface area (Å²) in [7, 11) is 0. The van der Waals surface area contributed by atoms with E-state index in [1.54, 1.807) is 12.1 Å². The largest absolute Gasteiger partial charge is 0.573 e. The predicted molar refractivity (Wildman–Crippen MR) is 49.5 cm³/mol. The summed E-state index contributed by atoms with van der Waals surface area (Å²) in [5.41, 5.74) is 0. The lowest BCUT2D eigenvalue weighted by Crippen LogP contribution is -2.17. The van der Waals surface area contributed by atoms with Crippen molar-refractivity contribution < 1.29 is 17.9 Å². The van der Waals surface area contributed by atoms with Crippen LogP contribution in [0.3, 0.4) is 0 Å². The van der Waals surface area contributed by atoms with Crippen molar-refractivity contribution >= 4 is 11.8 Å². The molecular formula is C9H9F3OS. The Labute approximate surface area is 84.3 Å². The molecule has 1 nitrogen and oxygen atoms in total. The summed E-state index contributed by atoms with van der Waals surface area (Å²) in [6.45, 7) is 1.87. The zero-order valence-corrected chi connectivity index (χ0v) is 8.28. The molecule has 0 amide bonds. The van der Waals surface area contributed by atoms with E-state index in [-0.39, 0.29) is 5.75 Å². The van der Waals surface area contributed by atoms with E-state index in [1.165, 1.54) is 23.9 Å². The highest BCUT2D eigenvalue weighted by Crippen LogP contribution is 2.32. The molecule has 0 radical (unpaired) electrons. The van der Waals surface area contributed by atoms with Crippen molar-refractivity contribution in [3.63, 3.8) is 0 Å². The highest BCUT2D eigenvalue weighted by molar-refractivity contribution is 7.99. The van der Waals surface area contributed by atoms with Crippen LogP contribution in [0, 0.1) is 0 Å². The lowest BCUT2D eigenvalue weighted by Gasteiger charge is -2.11. The van der Waals surface area contributed by atoms with E-state index < -0.39 is 6.36 Å². The van der Waals surface area contributed by atoms with Crippen molar-refractivity contribution in [3.8, 4) is 5.75 Å². The maximum atomic E-state index is 11.9. The number of ether oxygens (including phenoxy) is 1. The van der Waals surface area contributed by atoms with Crippen molar-refractivity contribution in [2.24, 2.45) is 0 Å². The molecule has 0 aliphatic heterocycles. The zero-order chi connectivity index (χ0) is 10.6. The van der Waals surface area contributed by atoms with Crippen molar-refractivity contribution in [3.05, 3.63) is 24.3 Å². The normalized spacial score (nSPS) is 11.4. The van der Waals surface area contributed by atoms with Crippen LogP contribution in [0.15, 0.2) is 29.2 Å². The fourth-order valence-electron chi connectivity index (χ4n) is 0.934. The van der Waals surface area contributed by atoms with Gasteiger partial charge in [-0.15, -0.1) is 24.9 Å². The summed E-state index contributed by atoms with van der Waals surface area (Å²) in [5, 5.41) is 0. The second-order valence-corrected chi connectivity index (χ2v) is 3.73. The number of para-hydroxylation sites is 1. The Balaban J connectivity index is 2.84. The van der Waals surface area contributed by atoms with Crippen LogP contribution in [-0.2, 0) is 0 Å². The van der Waals surface area contributed by atoms with Crippen LogP contribution in [0.25, 0.3) is 0 Å². The van der Waals surface area contributed by atoms with E-state index in [1.807, 2.05) is 6.92 Å². The molecule has 5 heteroatoms. The van der Waals surface area contributed by atoms with E-state index >= 15 is 0 Å². The van der Waals surface area contributed by atoms with Gasteiger partial charge in [0.15, 0.2) is 0 Å². The molecular weight excluding hydrogens is 213 g/mol. The smallest absolute Gasteiger partial charge is 0.405 e. The maximum absolute atomic E-state index is 11.9. The third kappa shape index (κ3) is 3.49. The first-order valence-electron chi connectivity index (χ1n) is 4.00. The molecule has 0 saturated carbocycles. The van der Waals surface area contributed by atoms with Crippen LogP contribution in [-0.4, -0.2) is 12.1 Å². The topological polar surface area (TPSA) is 9.23 Å². The van der Waals surface area contributed by atoms with E-state index in [9.17, 15) is 13.2 Å². The van der Waals surface area contributed by atoms with Gasteiger partial charge in [0.2, 0.25) is 0 Å². The van der Waals surface area contributed by atoms with Crippen molar-refractivity contribution in [2.45, 2.75) is 18.2 Å². The molecule has 0 fully saturated rings. The van der Waals surface area contributed by atoms with Gasteiger partial charge in [-0.1, -0.05) is 19.1 Å². The molecule has 0 heterocycles. The summed E-state index contributed by atoms with van der Waals surface area (Å²) >= 11 is 1.32. The molecule has 0 N–H and O–H groups in total. The minimum Gasteiger partial charge on any atom is -0.405 e. The Morgan fingerprint density at radius 2 is 1.93 bits per heavy atom. The van der Waals surface area contributed by atoms with Gasteiger partial charge in [-0.3, -0.25) is 0 Å². The van der Waals surface area contributed by atoms with Crippen LogP contribution < -0.4 is 4.74 Å². The number of hydrogen-bond donors (Lipinski definition) is 0. The third-order valence-electron chi connectivity index (χ3n) is 1.37. The fourth-order valence-corrected chi connectivity index (χ4v) is 1.67. The first kappa shape index (κ1) is 11.2. The average molecular weight is 222 g/mol. The van der Waals surface area contributed by atoms with E-state index in [2.05, 4.69) is 4.74 Å². The number of benzene rings is 1. The van der Waals surface area contributed by atoms with Gasteiger partial charge in [0.05, 0.1) is 0 Å². The lowest BCUT2D eigenvalue weighted by atomic mass is 10.3. The molecule has 0 saturated heterocycles. The van der Waals surface area contributed by atoms with Crippen LogP contribution >= 0.6 is 11.8 Å². The molecule has 0 aromatic heterocycles. The van der Waals surface area contributed by atoms with Crippen LogP contribution in [0.4, 0.5) is 13.2 Å². The Hall–Kier alpha value is -0.840. The monoisotopic (exact) mass is 222 g/mol. The summed E-state index contributed by atoms with van der Waals surface area (Å²) in [6.07, 6.45) is -4.62.